The van der Waals surface area contributed by atoms with Crippen LogP contribution in [0.2, 0.25) is 0 Å². The number of aryl methyl sites for hydroxylation is 2. The van der Waals surface area contributed by atoms with Crippen LogP contribution < -0.4 is 5.73 Å². The highest BCUT2D eigenvalue weighted by Crippen LogP contribution is 2.41. The molecule has 4 rings (SSSR count). The van der Waals surface area contributed by atoms with Gasteiger partial charge in [0, 0.05) is 5.39 Å². The highest BCUT2D eigenvalue weighted by molar-refractivity contribution is 7.92. The molecule has 0 aliphatic carbocycles. The molecule has 170 valence electrons. The van der Waals surface area contributed by atoms with E-state index in [2.05, 4.69) is 10.2 Å². The van der Waals surface area contributed by atoms with Crippen LogP contribution in [-0.2, 0) is 15.5 Å². The average molecular weight is 488 g/mol. The summed E-state index contributed by atoms with van der Waals surface area (Å²) in [5.74, 6) is -0.493. The molecule has 0 bridgehead atoms. The SMILES string of the molecule is Cc1nnc2sc(C(=O)N3CC(F)(c4ccc(S(=O)(=O)C(F)(F)F)cc4)C3)c(N)c2c1C. The number of fused-ring (bicyclic) bond motifs is 1. The van der Waals surface area contributed by atoms with Crippen LogP contribution in [0.1, 0.15) is 26.5 Å². The van der Waals surface area contributed by atoms with Crippen LogP contribution in [0.5, 0.6) is 0 Å². The maximum atomic E-state index is 15.2. The maximum absolute atomic E-state index is 15.2. The van der Waals surface area contributed by atoms with Crippen LogP contribution in [0, 0.1) is 13.8 Å². The molecule has 0 spiro atoms. The highest BCUT2D eigenvalue weighted by atomic mass is 32.2. The van der Waals surface area contributed by atoms with Gasteiger partial charge in [0.1, 0.15) is 9.71 Å². The summed E-state index contributed by atoms with van der Waals surface area (Å²) in [6, 6.07) is 3.38. The van der Waals surface area contributed by atoms with Crippen molar-refractivity contribution < 1.29 is 30.8 Å². The highest BCUT2D eigenvalue weighted by Gasteiger charge is 2.49. The van der Waals surface area contributed by atoms with E-state index in [4.69, 9.17) is 5.73 Å². The lowest BCUT2D eigenvalue weighted by Crippen LogP contribution is -2.58. The predicted octanol–water partition coefficient (Wildman–Crippen LogP) is 3.50. The Kier molecular flexibility index (Phi) is 4.97. The number of rotatable bonds is 3. The summed E-state index contributed by atoms with van der Waals surface area (Å²) in [5, 5.41) is 8.68. The summed E-state index contributed by atoms with van der Waals surface area (Å²) in [7, 11) is -5.52. The Bertz CT molecular complexity index is 1350. The average Bonchev–Trinajstić information content (AvgIpc) is 3.04. The lowest BCUT2D eigenvalue weighted by Gasteiger charge is -2.44. The second-order valence-corrected chi connectivity index (χ2v) is 10.5. The van der Waals surface area contributed by atoms with Gasteiger partial charge in [-0.3, -0.25) is 4.79 Å². The van der Waals surface area contributed by atoms with Crippen LogP contribution in [-0.4, -0.2) is 48.0 Å². The van der Waals surface area contributed by atoms with Gasteiger partial charge in [0.05, 0.1) is 29.4 Å². The predicted molar refractivity (Wildman–Crippen MR) is 110 cm³/mol. The van der Waals surface area contributed by atoms with Crippen molar-refractivity contribution in [1.29, 1.82) is 0 Å². The number of nitrogens with zero attached hydrogens (tertiary/aromatic N) is 3. The van der Waals surface area contributed by atoms with Gasteiger partial charge >= 0.3 is 5.51 Å². The fraction of sp³-hybridized carbons (Fsp3) is 0.316. The fourth-order valence-electron chi connectivity index (χ4n) is 3.49. The number of benzene rings is 1. The number of amides is 1. The van der Waals surface area contributed by atoms with Gasteiger partial charge in [-0.25, -0.2) is 12.8 Å². The number of halogens is 4. The van der Waals surface area contributed by atoms with Crippen LogP contribution >= 0.6 is 11.3 Å². The number of aromatic nitrogens is 2. The van der Waals surface area contributed by atoms with Crippen molar-refractivity contribution in [2.45, 2.75) is 29.9 Å². The molecule has 13 heteroatoms. The minimum Gasteiger partial charge on any atom is -0.397 e. The molecule has 1 aromatic carbocycles. The van der Waals surface area contributed by atoms with E-state index < -0.39 is 31.8 Å². The molecule has 2 aromatic heterocycles. The van der Waals surface area contributed by atoms with Crippen molar-refractivity contribution in [2.24, 2.45) is 0 Å². The van der Waals surface area contributed by atoms with Gasteiger partial charge in [-0.1, -0.05) is 12.1 Å². The van der Waals surface area contributed by atoms with E-state index in [1.54, 1.807) is 6.92 Å². The number of anilines is 1. The van der Waals surface area contributed by atoms with Gasteiger partial charge in [-0.05, 0) is 37.1 Å². The minimum absolute atomic E-state index is 0.0238. The van der Waals surface area contributed by atoms with Crippen LogP contribution in [0.25, 0.3) is 10.2 Å². The zero-order valence-electron chi connectivity index (χ0n) is 16.7. The van der Waals surface area contributed by atoms with Gasteiger partial charge in [-0.15, -0.1) is 16.4 Å². The van der Waals surface area contributed by atoms with Crippen molar-refractivity contribution in [1.82, 2.24) is 15.1 Å². The second-order valence-electron chi connectivity index (χ2n) is 7.54. The number of likely N-dealkylation sites (tertiary alicyclic amines) is 1. The molecule has 1 amide bonds. The Balaban J connectivity index is 1.55. The summed E-state index contributed by atoms with van der Waals surface area (Å²) in [4.78, 5) is 13.8. The summed E-state index contributed by atoms with van der Waals surface area (Å²) < 4.78 is 76.1. The number of sulfone groups is 1. The number of nitrogens with two attached hydrogens (primary N) is 1. The number of hydrogen-bond donors (Lipinski definition) is 1. The maximum Gasteiger partial charge on any atom is 0.501 e. The molecule has 0 unspecified atom stereocenters. The first-order valence-electron chi connectivity index (χ1n) is 9.18. The van der Waals surface area contributed by atoms with Gasteiger partial charge in [0.15, 0.2) is 5.67 Å². The molecule has 3 heterocycles. The topological polar surface area (TPSA) is 106 Å². The van der Waals surface area contributed by atoms with Crippen LogP contribution in [0.4, 0.5) is 23.2 Å². The van der Waals surface area contributed by atoms with Gasteiger partial charge in [-0.2, -0.15) is 18.3 Å². The third-order valence-electron chi connectivity index (χ3n) is 5.49. The molecule has 1 aliphatic rings. The Morgan fingerprint density at radius 2 is 1.75 bits per heavy atom. The molecule has 32 heavy (non-hydrogen) atoms. The van der Waals surface area contributed by atoms with E-state index in [1.807, 2.05) is 6.92 Å². The molecule has 1 fully saturated rings. The van der Waals surface area contributed by atoms with Crippen molar-refractivity contribution in [3.8, 4) is 0 Å². The number of thiophene rings is 1. The number of hydrogen-bond acceptors (Lipinski definition) is 7. The molecule has 1 saturated heterocycles. The lowest BCUT2D eigenvalue weighted by atomic mass is 9.88. The normalized spacial score (nSPS) is 16.2. The Labute approximate surface area is 183 Å². The molecule has 1 aliphatic heterocycles. The number of carbonyl (C=O) groups excluding carboxylic acids is 1. The van der Waals surface area contributed by atoms with E-state index in [0.29, 0.717) is 28.0 Å². The standard InChI is InChI=1S/C19H16F4N4O3S2/c1-9-10(2)25-26-16-13(9)14(24)15(31-16)17(28)27-7-18(20,8-27)11-3-5-12(6-4-11)32(29,30)19(21,22)23/h3-6H,7-8,24H2,1-2H3. The van der Waals surface area contributed by atoms with E-state index in [1.165, 1.54) is 4.90 Å². The fourth-order valence-corrected chi connectivity index (χ4v) is 5.32. The molecular formula is C19H16F4N4O3S2. The monoisotopic (exact) mass is 488 g/mol. The van der Waals surface area contributed by atoms with Gasteiger partial charge < -0.3 is 10.6 Å². The first-order chi connectivity index (χ1) is 14.8. The number of nitrogen functional groups attached to an aromatic ring is 1. The molecule has 0 saturated carbocycles. The minimum atomic E-state index is -5.52. The summed E-state index contributed by atoms with van der Waals surface area (Å²) in [6.45, 7) is 2.87. The van der Waals surface area contributed by atoms with Crippen LogP contribution in [0.3, 0.4) is 0 Å². The lowest BCUT2D eigenvalue weighted by molar-refractivity contribution is -0.0436. The second kappa shape index (κ2) is 7.10. The third kappa shape index (κ3) is 3.30. The molecular weight excluding hydrogens is 472 g/mol. The zero-order chi connectivity index (χ0) is 23.6. The van der Waals surface area contributed by atoms with Gasteiger partial charge in [0.2, 0.25) is 0 Å². The molecule has 0 atom stereocenters. The molecule has 2 N–H and O–H groups in total. The number of alkyl halides is 4. The Hall–Kier alpha value is -2.80. The first kappa shape index (κ1) is 22.4. The molecule has 0 radical (unpaired) electrons. The summed E-state index contributed by atoms with van der Waals surface area (Å²) >= 11 is 1.05. The van der Waals surface area contributed by atoms with Crippen molar-refractivity contribution >= 4 is 43.0 Å². The number of carbonyl (C=O) groups is 1. The van der Waals surface area contributed by atoms with E-state index in [0.717, 1.165) is 29.0 Å². The van der Waals surface area contributed by atoms with E-state index >= 15 is 4.39 Å². The molecule has 3 aromatic rings. The Morgan fingerprint density at radius 1 is 1.16 bits per heavy atom. The van der Waals surface area contributed by atoms with Crippen molar-refractivity contribution in [3.05, 3.63) is 46.0 Å². The van der Waals surface area contributed by atoms with Crippen molar-refractivity contribution in [3.63, 3.8) is 0 Å². The van der Waals surface area contributed by atoms with Gasteiger partial charge in [0.25, 0.3) is 15.7 Å². The zero-order valence-corrected chi connectivity index (χ0v) is 18.3. The first-order valence-corrected chi connectivity index (χ1v) is 11.5. The van der Waals surface area contributed by atoms with Crippen molar-refractivity contribution in [2.75, 3.05) is 18.8 Å². The largest absolute Gasteiger partial charge is 0.501 e. The van der Waals surface area contributed by atoms with E-state index in [-0.39, 0.29) is 29.2 Å². The molecule has 7 nitrogen and oxygen atoms in total. The van der Waals surface area contributed by atoms with E-state index in [9.17, 15) is 26.4 Å². The summed E-state index contributed by atoms with van der Waals surface area (Å²) in [6.07, 6.45) is 0. The summed E-state index contributed by atoms with van der Waals surface area (Å²) in [5.41, 5.74) is 0.356. The Morgan fingerprint density at radius 3 is 2.31 bits per heavy atom. The van der Waals surface area contributed by atoms with Crippen LogP contribution in [0.15, 0.2) is 29.2 Å². The quantitative estimate of drug-likeness (QED) is 0.566. The smallest absolute Gasteiger partial charge is 0.397 e. The third-order valence-corrected chi connectivity index (χ3v) is 8.07.